The number of carbonyl (C=O) groups is 1. The summed E-state index contributed by atoms with van der Waals surface area (Å²) in [4.78, 5) is 11.9. The van der Waals surface area contributed by atoms with Gasteiger partial charge in [0.1, 0.15) is 5.75 Å². The summed E-state index contributed by atoms with van der Waals surface area (Å²) in [7, 11) is 0. The molecule has 0 heterocycles. The van der Waals surface area contributed by atoms with Crippen LogP contribution in [0.15, 0.2) is 24.3 Å². The number of aliphatic hydroxyl groups is 1. The van der Waals surface area contributed by atoms with Gasteiger partial charge in [-0.2, -0.15) is 0 Å². The van der Waals surface area contributed by atoms with Crippen molar-refractivity contribution in [1.29, 1.82) is 0 Å². The fourth-order valence-corrected chi connectivity index (χ4v) is 1.72. The van der Waals surface area contributed by atoms with Gasteiger partial charge in [0.2, 0.25) is 0 Å². The standard InChI is InChI=1S/C16H25NO3/c1-5-11(3)17-16(19)12(4)20-14-9-7-13(8-10-14)15(18)6-2/h7-12,15,18H,5-6H2,1-4H3,(H,17,19)/t11?,12?,15-/m0/s1. The van der Waals surface area contributed by atoms with Crippen molar-refractivity contribution in [3.63, 3.8) is 0 Å². The molecule has 0 aromatic heterocycles. The lowest BCUT2D eigenvalue weighted by Gasteiger charge is -2.18. The highest BCUT2D eigenvalue weighted by atomic mass is 16.5. The van der Waals surface area contributed by atoms with Crippen LogP contribution in [0.25, 0.3) is 0 Å². The van der Waals surface area contributed by atoms with Crippen LogP contribution in [0, 0.1) is 0 Å². The lowest BCUT2D eigenvalue weighted by molar-refractivity contribution is -0.127. The molecule has 112 valence electrons. The highest BCUT2D eigenvalue weighted by Gasteiger charge is 2.16. The van der Waals surface area contributed by atoms with Crippen LogP contribution in [0.1, 0.15) is 52.2 Å². The van der Waals surface area contributed by atoms with Gasteiger partial charge in [-0.05, 0) is 44.4 Å². The molecule has 2 unspecified atom stereocenters. The summed E-state index contributed by atoms with van der Waals surface area (Å²) in [6.45, 7) is 7.64. The average molecular weight is 279 g/mol. The Labute approximate surface area is 121 Å². The zero-order valence-corrected chi connectivity index (χ0v) is 12.7. The van der Waals surface area contributed by atoms with Gasteiger partial charge >= 0.3 is 0 Å². The molecule has 0 bridgehead atoms. The molecule has 0 fully saturated rings. The average Bonchev–Trinajstić information content (AvgIpc) is 2.46. The monoisotopic (exact) mass is 279 g/mol. The molecule has 0 spiro atoms. The van der Waals surface area contributed by atoms with E-state index in [1.54, 1.807) is 19.1 Å². The zero-order valence-electron chi connectivity index (χ0n) is 12.7. The summed E-state index contributed by atoms with van der Waals surface area (Å²) in [6.07, 6.45) is 0.580. The molecule has 0 radical (unpaired) electrons. The van der Waals surface area contributed by atoms with Gasteiger partial charge in [0.25, 0.3) is 5.91 Å². The van der Waals surface area contributed by atoms with Crippen LogP contribution in [-0.2, 0) is 4.79 Å². The maximum atomic E-state index is 11.9. The van der Waals surface area contributed by atoms with Crippen molar-refractivity contribution in [2.45, 2.75) is 58.8 Å². The quantitative estimate of drug-likeness (QED) is 0.807. The molecule has 0 saturated heterocycles. The molecular weight excluding hydrogens is 254 g/mol. The number of hydrogen-bond donors (Lipinski definition) is 2. The summed E-state index contributed by atoms with van der Waals surface area (Å²) in [5, 5.41) is 12.6. The Balaban J connectivity index is 2.57. The van der Waals surface area contributed by atoms with E-state index in [0.717, 1.165) is 12.0 Å². The molecular formula is C16H25NO3. The molecule has 1 rings (SSSR count). The molecule has 4 heteroatoms. The van der Waals surface area contributed by atoms with Gasteiger partial charge in [0, 0.05) is 6.04 Å². The number of amides is 1. The summed E-state index contributed by atoms with van der Waals surface area (Å²) in [5.74, 6) is 0.515. The van der Waals surface area contributed by atoms with Crippen LogP contribution in [0.4, 0.5) is 0 Å². The second-order valence-electron chi connectivity index (χ2n) is 5.07. The van der Waals surface area contributed by atoms with Crippen LogP contribution in [0.5, 0.6) is 5.75 Å². The van der Waals surface area contributed by atoms with Crippen LogP contribution in [0.3, 0.4) is 0 Å². The first-order valence-corrected chi connectivity index (χ1v) is 7.22. The first-order chi connectivity index (χ1) is 9.47. The van der Waals surface area contributed by atoms with Gasteiger partial charge < -0.3 is 15.2 Å². The fourth-order valence-electron chi connectivity index (χ4n) is 1.72. The SMILES string of the molecule is CCC(C)NC(=O)C(C)Oc1ccc([C@@H](O)CC)cc1. The Morgan fingerprint density at radius 1 is 1.20 bits per heavy atom. The second kappa shape index (κ2) is 7.90. The molecule has 0 saturated carbocycles. The molecule has 0 aliphatic rings. The van der Waals surface area contributed by atoms with Crippen LogP contribution in [-0.4, -0.2) is 23.2 Å². The third kappa shape index (κ3) is 4.85. The minimum Gasteiger partial charge on any atom is -0.481 e. The van der Waals surface area contributed by atoms with Gasteiger partial charge in [-0.1, -0.05) is 26.0 Å². The van der Waals surface area contributed by atoms with E-state index >= 15 is 0 Å². The third-order valence-electron chi connectivity index (χ3n) is 3.33. The van der Waals surface area contributed by atoms with E-state index < -0.39 is 12.2 Å². The van der Waals surface area contributed by atoms with Crippen molar-refractivity contribution in [2.24, 2.45) is 0 Å². The molecule has 1 aromatic carbocycles. The van der Waals surface area contributed by atoms with E-state index in [2.05, 4.69) is 5.32 Å². The Morgan fingerprint density at radius 3 is 2.30 bits per heavy atom. The van der Waals surface area contributed by atoms with Gasteiger partial charge in [-0.25, -0.2) is 0 Å². The largest absolute Gasteiger partial charge is 0.481 e. The molecule has 1 amide bonds. The Kier molecular flexibility index (Phi) is 6.52. The first kappa shape index (κ1) is 16.5. The molecule has 0 aliphatic carbocycles. The van der Waals surface area contributed by atoms with E-state index in [1.807, 2.05) is 32.9 Å². The summed E-state index contributed by atoms with van der Waals surface area (Å²) in [5.41, 5.74) is 0.858. The normalized spacial score (nSPS) is 15.2. The Morgan fingerprint density at radius 2 is 1.80 bits per heavy atom. The topological polar surface area (TPSA) is 58.6 Å². The van der Waals surface area contributed by atoms with E-state index in [4.69, 9.17) is 4.74 Å². The summed E-state index contributed by atoms with van der Waals surface area (Å²) in [6, 6.07) is 7.35. The first-order valence-electron chi connectivity index (χ1n) is 7.22. The lowest BCUT2D eigenvalue weighted by atomic mass is 10.1. The van der Waals surface area contributed by atoms with Gasteiger partial charge in [0.05, 0.1) is 6.10 Å². The summed E-state index contributed by atoms with van der Waals surface area (Å²) < 4.78 is 5.60. The highest BCUT2D eigenvalue weighted by molar-refractivity contribution is 5.80. The lowest BCUT2D eigenvalue weighted by Crippen LogP contribution is -2.40. The number of hydrogen-bond acceptors (Lipinski definition) is 3. The number of aliphatic hydroxyl groups excluding tert-OH is 1. The van der Waals surface area contributed by atoms with Gasteiger partial charge in [0.15, 0.2) is 6.10 Å². The molecule has 20 heavy (non-hydrogen) atoms. The van der Waals surface area contributed by atoms with Crippen molar-refractivity contribution in [3.05, 3.63) is 29.8 Å². The molecule has 3 atom stereocenters. The van der Waals surface area contributed by atoms with Crippen molar-refractivity contribution < 1.29 is 14.6 Å². The predicted molar refractivity (Wildman–Crippen MR) is 79.7 cm³/mol. The van der Waals surface area contributed by atoms with Crippen LogP contribution < -0.4 is 10.1 Å². The van der Waals surface area contributed by atoms with Crippen LogP contribution >= 0.6 is 0 Å². The molecule has 0 aliphatic heterocycles. The smallest absolute Gasteiger partial charge is 0.260 e. The van der Waals surface area contributed by atoms with Crippen molar-refractivity contribution >= 4 is 5.91 Å². The maximum absolute atomic E-state index is 11.9. The third-order valence-corrected chi connectivity index (χ3v) is 3.33. The van der Waals surface area contributed by atoms with E-state index in [0.29, 0.717) is 12.2 Å². The van der Waals surface area contributed by atoms with E-state index in [1.165, 1.54) is 0 Å². The van der Waals surface area contributed by atoms with E-state index in [-0.39, 0.29) is 11.9 Å². The van der Waals surface area contributed by atoms with Crippen LogP contribution in [0.2, 0.25) is 0 Å². The number of benzene rings is 1. The number of rotatable bonds is 7. The summed E-state index contributed by atoms with van der Waals surface area (Å²) >= 11 is 0. The van der Waals surface area contributed by atoms with Crippen molar-refractivity contribution in [3.8, 4) is 5.75 Å². The van der Waals surface area contributed by atoms with Crippen molar-refractivity contribution in [1.82, 2.24) is 5.32 Å². The maximum Gasteiger partial charge on any atom is 0.260 e. The minimum atomic E-state index is -0.536. The Hall–Kier alpha value is -1.55. The van der Waals surface area contributed by atoms with Gasteiger partial charge in [-0.15, -0.1) is 0 Å². The second-order valence-corrected chi connectivity index (χ2v) is 5.07. The number of ether oxygens (including phenoxy) is 1. The predicted octanol–water partition coefficient (Wildman–Crippen LogP) is 2.81. The zero-order chi connectivity index (χ0) is 15.1. The molecule has 4 nitrogen and oxygen atoms in total. The molecule has 1 aromatic rings. The molecule has 2 N–H and O–H groups in total. The Bertz CT molecular complexity index is 416. The minimum absolute atomic E-state index is 0.114. The van der Waals surface area contributed by atoms with Crippen molar-refractivity contribution in [2.75, 3.05) is 0 Å². The highest BCUT2D eigenvalue weighted by Crippen LogP contribution is 2.20. The number of carbonyl (C=O) groups excluding carboxylic acids is 1. The fraction of sp³-hybridized carbons (Fsp3) is 0.562. The van der Waals surface area contributed by atoms with E-state index in [9.17, 15) is 9.90 Å². The number of nitrogens with one attached hydrogen (secondary N) is 1. The van der Waals surface area contributed by atoms with Gasteiger partial charge in [-0.3, -0.25) is 4.79 Å².